The van der Waals surface area contributed by atoms with E-state index in [4.69, 9.17) is 16.3 Å². The minimum Gasteiger partial charge on any atom is -0.495 e. The van der Waals surface area contributed by atoms with Crippen LogP contribution < -0.4 is 15.4 Å². The van der Waals surface area contributed by atoms with Crippen molar-refractivity contribution in [3.8, 4) is 5.75 Å². The molecule has 128 valence electrons. The van der Waals surface area contributed by atoms with Gasteiger partial charge < -0.3 is 15.4 Å². The molecule has 1 heterocycles. The number of carbonyl (C=O) groups excluding carboxylic acids is 1. The zero-order valence-corrected chi connectivity index (χ0v) is 14.6. The van der Waals surface area contributed by atoms with Gasteiger partial charge in [0.05, 0.1) is 31.6 Å². The van der Waals surface area contributed by atoms with Gasteiger partial charge in [0.1, 0.15) is 5.75 Å². The summed E-state index contributed by atoms with van der Waals surface area (Å²) in [7, 11) is 3.52. The van der Waals surface area contributed by atoms with E-state index in [9.17, 15) is 4.79 Å². The van der Waals surface area contributed by atoms with Crippen LogP contribution in [0.5, 0.6) is 5.75 Å². The van der Waals surface area contributed by atoms with Crippen LogP contribution in [0.4, 0.5) is 5.69 Å². The zero-order valence-electron chi connectivity index (χ0n) is 13.8. The van der Waals surface area contributed by atoms with Crippen molar-refractivity contribution in [3.05, 3.63) is 40.7 Å². The van der Waals surface area contributed by atoms with Gasteiger partial charge >= 0.3 is 0 Å². The molecule has 1 aromatic carbocycles. The van der Waals surface area contributed by atoms with Crippen LogP contribution in [0.3, 0.4) is 0 Å². The van der Waals surface area contributed by atoms with Gasteiger partial charge in [0, 0.05) is 23.3 Å². The van der Waals surface area contributed by atoms with Crippen molar-refractivity contribution in [2.45, 2.75) is 25.3 Å². The number of ether oxygens (including phenoxy) is 1. The second-order valence-electron chi connectivity index (χ2n) is 5.88. The summed E-state index contributed by atoms with van der Waals surface area (Å²) in [4.78, 5) is 12.3. The van der Waals surface area contributed by atoms with E-state index in [0.717, 1.165) is 24.8 Å². The van der Waals surface area contributed by atoms with E-state index in [0.29, 0.717) is 16.5 Å². The molecule has 1 aliphatic rings. The van der Waals surface area contributed by atoms with Gasteiger partial charge in [-0.15, -0.1) is 0 Å². The predicted octanol–water partition coefficient (Wildman–Crippen LogP) is 2.69. The number of halogens is 1. The third kappa shape index (κ3) is 3.48. The minimum absolute atomic E-state index is 0.0259. The van der Waals surface area contributed by atoms with Crippen LogP contribution in [-0.4, -0.2) is 29.3 Å². The maximum atomic E-state index is 12.3. The normalized spacial score (nSPS) is 16.4. The van der Waals surface area contributed by atoms with Crippen molar-refractivity contribution < 1.29 is 9.53 Å². The molecular weight excluding hydrogens is 328 g/mol. The highest BCUT2D eigenvalue weighted by Crippen LogP contribution is 2.29. The second kappa shape index (κ2) is 7.13. The Hall–Kier alpha value is -2.21. The SMILES string of the molecule is COc1ccc(Cl)cc1NCC(=O)NC1CCCc2c1cnn2C. The number of hydrogen-bond acceptors (Lipinski definition) is 4. The first kappa shape index (κ1) is 16.6. The van der Waals surface area contributed by atoms with E-state index in [1.807, 2.05) is 17.9 Å². The molecule has 1 aliphatic carbocycles. The van der Waals surface area contributed by atoms with Crippen LogP contribution in [0.2, 0.25) is 5.02 Å². The number of hydrogen-bond donors (Lipinski definition) is 2. The molecule has 6 nitrogen and oxygen atoms in total. The fourth-order valence-electron chi connectivity index (χ4n) is 3.10. The van der Waals surface area contributed by atoms with Crippen molar-refractivity contribution in [3.63, 3.8) is 0 Å². The molecule has 0 saturated heterocycles. The molecule has 1 aromatic heterocycles. The molecular formula is C17H21ClN4O2. The number of benzene rings is 1. The lowest BCUT2D eigenvalue weighted by atomic mass is 9.93. The minimum atomic E-state index is -0.0706. The van der Waals surface area contributed by atoms with Crippen LogP contribution in [0, 0.1) is 0 Å². The number of carbonyl (C=O) groups is 1. The van der Waals surface area contributed by atoms with Crippen LogP contribution in [0.1, 0.15) is 30.1 Å². The molecule has 2 aromatic rings. The number of fused-ring (bicyclic) bond motifs is 1. The van der Waals surface area contributed by atoms with Crippen LogP contribution >= 0.6 is 11.6 Å². The van der Waals surface area contributed by atoms with E-state index >= 15 is 0 Å². The Bertz CT molecular complexity index is 744. The summed E-state index contributed by atoms with van der Waals surface area (Å²) in [6.45, 7) is 0.156. The standard InChI is InChI=1S/C17H21ClN4O2/c1-22-15-5-3-4-13(12(15)9-20-22)21-17(23)10-19-14-8-11(18)6-7-16(14)24-2/h6-9,13,19H,3-5,10H2,1-2H3,(H,21,23). The molecule has 1 unspecified atom stereocenters. The molecule has 0 radical (unpaired) electrons. The van der Waals surface area contributed by atoms with Gasteiger partial charge in [-0.25, -0.2) is 0 Å². The predicted molar refractivity (Wildman–Crippen MR) is 93.5 cm³/mol. The highest BCUT2D eigenvalue weighted by molar-refractivity contribution is 6.30. The first-order chi connectivity index (χ1) is 11.6. The van der Waals surface area contributed by atoms with Crippen LogP contribution in [0.25, 0.3) is 0 Å². The highest BCUT2D eigenvalue weighted by Gasteiger charge is 2.24. The van der Waals surface area contributed by atoms with Crippen LogP contribution in [0.15, 0.2) is 24.4 Å². The average Bonchev–Trinajstić information content (AvgIpc) is 2.96. The van der Waals surface area contributed by atoms with E-state index < -0.39 is 0 Å². The largest absolute Gasteiger partial charge is 0.495 e. The van der Waals surface area contributed by atoms with Gasteiger partial charge in [0.25, 0.3) is 0 Å². The van der Waals surface area contributed by atoms with Crippen LogP contribution in [-0.2, 0) is 18.3 Å². The number of nitrogens with one attached hydrogen (secondary N) is 2. The number of aryl methyl sites for hydroxylation is 1. The topological polar surface area (TPSA) is 68.2 Å². The smallest absolute Gasteiger partial charge is 0.239 e. The molecule has 1 atom stereocenters. The summed E-state index contributed by atoms with van der Waals surface area (Å²) in [5.74, 6) is 0.582. The lowest BCUT2D eigenvalue weighted by Gasteiger charge is -2.24. The van der Waals surface area contributed by atoms with E-state index in [2.05, 4.69) is 15.7 Å². The molecule has 3 rings (SSSR count). The van der Waals surface area contributed by atoms with Gasteiger partial charge in [0.15, 0.2) is 0 Å². The summed E-state index contributed by atoms with van der Waals surface area (Å²) in [6, 6.07) is 5.29. The number of amides is 1. The number of nitrogens with zero attached hydrogens (tertiary/aromatic N) is 2. The van der Waals surface area contributed by atoms with Crippen molar-refractivity contribution in [2.24, 2.45) is 7.05 Å². The van der Waals surface area contributed by atoms with Gasteiger partial charge in [-0.2, -0.15) is 5.10 Å². The molecule has 0 spiro atoms. The van der Waals surface area contributed by atoms with E-state index in [-0.39, 0.29) is 18.5 Å². The van der Waals surface area contributed by atoms with Crippen molar-refractivity contribution >= 4 is 23.2 Å². The van der Waals surface area contributed by atoms with Gasteiger partial charge in [0.2, 0.25) is 5.91 Å². The fourth-order valence-corrected chi connectivity index (χ4v) is 3.27. The quantitative estimate of drug-likeness (QED) is 0.871. The van der Waals surface area contributed by atoms with E-state index in [1.54, 1.807) is 25.3 Å². The third-order valence-electron chi connectivity index (χ3n) is 4.31. The molecule has 24 heavy (non-hydrogen) atoms. The summed E-state index contributed by atoms with van der Waals surface area (Å²) < 4.78 is 7.16. The Balaban J connectivity index is 1.62. The first-order valence-electron chi connectivity index (χ1n) is 7.96. The highest BCUT2D eigenvalue weighted by atomic mass is 35.5. The Morgan fingerprint density at radius 2 is 2.33 bits per heavy atom. The average molecular weight is 349 g/mol. The Kier molecular flexibility index (Phi) is 4.94. The first-order valence-corrected chi connectivity index (χ1v) is 8.34. The number of rotatable bonds is 5. The van der Waals surface area contributed by atoms with Crippen molar-refractivity contribution in [1.29, 1.82) is 0 Å². The fraction of sp³-hybridized carbons (Fsp3) is 0.412. The lowest BCUT2D eigenvalue weighted by molar-refractivity contribution is -0.120. The summed E-state index contributed by atoms with van der Waals surface area (Å²) in [5, 5.41) is 11.1. The molecule has 0 saturated carbocycles. The maximum absolute atomic E-state index is 12.3. The summed E-state index contributed by atoms with van der Waals surface area (Å²) in [6.07, 6.45) is 4.85. The molecule has 1 amide bonds. The number of methoxy groups -OCH3 is 1. The monoisotopic (exact) mass is 348 g/mol. The molecule has 0 bridgehead atoms. The van der Waals surface area contributed by atoms with Crippen molar-refractivity contribution in [2.75, 3.05) is 19.0 Å². The third-order valence-corrected chi connectivity index (χ3v) is 4.55. The maximum Gasteiger partial charge on any atom is 0.239 e. The number of aromatic nitrogens is 2. The molecule has 7 heteroatoms. The Labute approximate surface area is 146 Å². The Morgan fingerprint density at radius 1 is 1.50 bits per heavy atom. The molecule has 0 aliphatic heterocycles. The van der Waals surface area contributed by atoms with E-state index in [1.165, 1.54) is 5.69 Å². The molecule has 0 fully saturated rings. The number of anilines is 1. The zero-order chi connectivity index (χ0) is 17.1. The van der Waals surface area contributed by atoms with Gasteiger partial charge in [-0.3, -0.25) is 9.48 Å². The summed E-state index contributed by atoms with van der Waals surface area (Å²) in [5.41, 5.74) is 3.03. The lowest BCUT2D eigenvalue weighted by Crippen LogP contribution is -2.35. The molecule has 2 N–H and O–H groups in total. The van der Waals surface area contributed by atoms with Gasteiger partial charge in [-0.1, -0.05) is 11.6 Å². The Morgan fingerprint density at radius 3 is 3.12 bits per heavy atom. The van der Waals surface area contributed by atoms with Crippen molar-refractivity contribution in [1.82, 2.24) is 15.1 Å². The summed E-state index contributed by atoms with van der Waals surface area (Å²) >= 11 is 6.00. The second-order valence-corrected chi connectivity index (χ2v) is 6.32. The van der Waals surface area contributed by atoms with Gasteiger partial charge in [-0.05, 0) is 37.5 Å².